The van der Waals surface area contributed by atoms with Gasteiger partial charge in [0.1, 0.15) is 0 Å². The number of carbonyl (C=O) groups excluding carboxylic acids is 2. The molecular formula is C25H36N4O3. The minimum Gasteiger partial charge on any atom is -0.356 e. The van der Waals surface area contributed by atoms with E-state index in [4.69, 9.17) is 4.52 Å². The molecule has 1 aliphatic heterocycles. The average Bonchev–Trinajstić information content (AvgIpc) is 3.20. The number of hydrogen-bond donors (Lipinski definition) is 3. The van der Waals surface area contributed by atoms with E-state index in [-0.39, 0.29) is 17.2 Å². The maximum Gasteiger partial charge on any atom is 0.220 e. The van der Waals surface area contributed by atoms with Crippen molar-refractivity contribution in [2.45, 2.75) is 52.4 Å². The molecule has 0 radical (unpaired) electrons. The second-order valence-corrected chi connectivity index (χ2v) is 9.76. The van der Waals surface area contributed by atoms with Crippen LogP contribution in [0, 0.1) is 11.8 Å². The zero-order valence-electron chi connectivity index (χ0n) is 19.7. The second kappa shape index (κ2) is 10.8. The zero-order valence-corrected chi connectivity index (χ0v) is 19.7. The fourth-order valence-corrected chi connectivity index (χ4v) is 4.18. The summed E-state index contributed by atoms with van der Waals surface area (Å²) in [6.45, 7) is 10.8. The average molecular weight is 441 g/mol. The van der Waals surface area contributed by atoms with Gasteiger partial charge in [0.05, 0.1) is 5.69 Å². The van der Waals surface area contributed by atoms with Gasteiger partial charge in [-0.25, -0.2) is 0 Å². The third-order valence-corrected chi connectivity index (χ3v) is 6.10. The van der Waals surface area contributed by atoms with Crippen molar-refractivity contribution in [1.29, 1.82) is 0 Å². The predicted octanol–water partition coefficient (Wildman–Crippen LogP) is 3.05. The smallest absolute Gasteiger partial charge is 0.220 e. The highest BCUT2D eigenvalue weighted by atomic mass is 16.5. The van der Waals surface area contributed by atoms with Gasteiger partial charge >= 0.3 is 0 Å². The van der Waals surface area contributed by atoms with Crippen molar-refractivity contribution in [1.82, 2.24) is 21.1 Å². The molecule has 0 aliphatic carbocycles. The van der Waals surface area contributed by atoms with Crippen LogP contribution in [0.25, 0.3) is 11.3 Å². The molecule has 2 heterocycles. The molecule has 0 spiro atoms. The Morgan fingerprint density at radius 3 is 2.53 bits per heavy atom. The summed E-state index contributed by atoms with van der Waals surface area (Å²) in [7, 11) is 0. The molecule has 1 aromatic heterocycles. The molecule has 1 aliphatic rings. The second-order valence-electron chi connectivity index (χ2n) is 9.76. The van der Waals surface area contributed by atoms with Crippen molar-refractivity contribution in [2.24, 2.45) is 11.8 Å². The Bertz CT molecular complexity index is 899. The highest BCUT2D eigenvalue weighted by Crippen LogP contribution is 2.29. The Balaban J connectivity index is 1.56. The third-order valence-electron chi connectivity index (χ3n) is 6.10. The minimum absolute atomic E-state index is 0.0343. The molecule has 1 saturated heterocycles. The van der Waals surface area contributed by atoms with Crippen LogP contribution in [0.2, 0.25) is 0 Å². The van der Waals surface area contributed by atoms with Crippen molar-refractivity contribution < 1.29 is 14.1 Å². The first-order chi connectivity index (χ1) is 15.2. The summed E-state index contributed by atoms with van der Waals surface area (Å²) in [5.41, 5.74) is 3.34. The molecule has 3 rings (SSSR count). The molecule has 7 heteroatoms. The molecule has 3 N–H and O–H groups in total. The van der Waals surface area contributed by atoms with Crippen LogP contribution in [0.15, 0.2) is 34.9 Å². The van der Waals surface area contributed by atoms with E-state index in [2.05, 4.69) is 66.1 Å². The van der Waals surface area contributed by atoms with Crippen molar-refractivity contribution in [2.75, 3.05) is 26.2 Å². The number of rotatable bonds is 8. The molecule has 1 fully saturated rings. The third kappa shape index (κ3) is 6.92. The van der Waals surface area contributed by atoms with Gasteiger partial charge in [0.25, 0.3) is 0 Å². The van der Waals surface area contributed by atoms with E-state index in [0.717, 1.165) is 42.9 Å². The highest BCUT2D eigenvalue weighted by Gasteiger charge is 2.28. The van der Waals surface area contributed by atoms with Crippen LogP contribution in [0.1, 0.15) is 51.8 Å². The van der Waals surface area contributed by atoms with Gasteiger partial charge in [-0.15, -0.1) is 0 Å². The van der Waals surface area contributed by atoms with Crippen LogP contribution in [-0.4, -0.2) is 43.2 Å². The number of carbonyl (C=O) groups is 2. The Morgan fingerprint density at radius 2 is 1.84 bits per heavy atom. The molecule has 2 atom stereocenters. The van der Waals surface area contributed by atoms with Crippen LogP contribution in [0.4, 0.5) is 0 Å². The van der Waals surface area contributed by atoms with Crippen LogP contribution in [0.5, 0.6) is 0 Å². The number of aromatic nitrogens is 1. The largest absolute Gasteiger partial charge is 0.356 e. The lowest BCUT2D eigenvalue weighted by molar-refractivity contribution is -0.123. The summed E-state index contributed by atoms with van der Waals surface area (Å²) in [6, 6.07) is 10.5. The summed E-state index contributed by atoms with van der Waals surface area (Å²) >= 11 is 0. The normalized spacial score (nSPS) is 18.9. The molecule has 32 heavy (non-hydrogen) atoms. The lowest BCUT2D eigenvalue weighted by Crippen LogP contribution is -2.41. The van der Waals surface area contributed by atoms with E-state index in [1.54, 1.807) is 0 Å². The van der Waals surface area contributed by atoms with Crippen molar-refractivity contribution in [3.8, 4) is 11.3 Å². The summed E-state index contributed by atoms with van der Waals surface area (Å²) in [6.07, 6.45) is 2.23. The first-order valence-electron chi connectivity index (χ1n) is 11.5. The molecular weight excluding hydrogens is 404 g/mol. The van der Waals surface area contributed by atoms with Gasteiger partial charge in [0, 0.05) is 38.1 Å². The van der Waals surface area contributed by atoms with E-state index >= 15 is 0 Å². The molecule has 0 bridgehead atoms. The number of benzene rings is 1. The topological polar surface area (TPSA) is 96.3 Å². The van der Waals surface area contributed by atoms with E-state index in [9.17, 15) is 9.59 Å². The van der Waals surface area contributed by atoms with Gasteiger partial charge in [-0.3, -0.25) is 9.59 Å². The standard InChI is InChI=1S/C25H36N4O3/c1-17(30)27-11-12-28-24(31)14-19-9-10-26-16-20(19)13-22-15-23(32-29-22)18-5-7-21(8-6-18)25(2,3)4/h5-8,15,19-20,26H,9-14,16H2,1-4H3,(H,27,30)(H,28,31)/t19-,20+/m1/s1. The lowest BCUT2D eigenvalue weighted by atomic mass is 9.81. The van der Waals surface area contributed by atoms with Gasteiger partial charge in [-0.2, -0.15) is 0 Å². The number of amides is 2. The number of nitrogens with zero attached hydrogens (tertiary/aromatic N) is 1. The molecule has 174 valence electrons. The first-order valence-corrected chi connectivity index (χ1v) is 11.5. The minimum atomic E-state index is -0.0882. The fourth-order valence-electron chi connectivity index (χ4n) is 4.18. The monoisotopic (exact) mass is 440 g/mol. The van der Waals surface area contributed by atoms with Gasteiger partial charge in [0.15, 0.2) is 5.76 Å². The van der Waals surface area contributed by atoms with Crippen molar-refractivity contribution in [3.63, 3.8) is 0 Å². The fraction of sp³-hybridized carbons (Fsp3) is 0.560. The van der Waals surface area contributed by atoms with Crippen LogP contribution in [0.3, 0.4) is 0 Å². The number of nitrogens with one attached hydrogen (secondary N) is 3. The Kier molecular flexibility index (Phi) is 8.07. The predicted molar refractivity (Wildman–Crippen MR) is 125 cm³/mol. The Hall–Kier alpha value is -2.67. The van der Waals surface area contributed by atoms with Gasteiger partial charge in [-0.05, 0) is 48.7 Å². The summed E-state index contributed by atoms with van der Waals surface area (Å²) in [5.74, 6) is 1.34. The maximum absolute atomic E-state index is 12.4. The van der Waals surface area contributed by atoms with Crippen LogP contribution in [-0.2, 0) is 21.4 Å². The quantitative estimate of drug-likeness (QED) is 0.548. The van der Waals surface area contributed by atoms with Crippen molar-refractivity contribution >= 4 is 11.8 Å². The summed E-state index contributed by atoms with van der Waals surface area (Å²) in [4.78, 5) is 23.3. The van der Waals surface area contributed by atoms with Gasteiger partial charge < -0.3 is 20.5 Å². The Labute approximate surface area is 190 Å². The molecule has 2 aromatic rings. The highest BCUT2D eigenvalue weighted by molar-refractivity contribution is 5.76. The summed E-state index contributed by atoms with van der Waals surface area (Å²) < 4.78 is 5.63. The first kappa shape index (κ1) is 24.0. The van der Waals surface area contributed by atoms with Crippen LogP contribution >= 0.6 is 0 Å². The maximum atomic E-state index is 12.4. The molecule has 7 nitrogen and oxygen atoms in total. The SMILES string of the molecule is CC(=O)NCCNC(=O)C[C@H]1CCNC[C@@H]1Cc1cc(-c2ccc(C(C)(C)C)cc2)on1. The van der Waals surface area contributed by atoms with Crippen molar-refractivity contribution in [3.05, 3.63) is 41.6 Å². The molecule has 1 aromatic carbocycles. The molecule has 0 unspecified atom stereocenters. The van der Waals surface area contributed by atoms with E-state index in [1.165, 1.54) is 12.5 Å². The molecule has 2 amide bonds. The zero-order chi connectivity index (χ0) is 23.1. The van der Waals surface area contributed by atoms with Gasteiger partial charge in [0.2, 0.25) is 11.8 Å². The lowest BCUT2D eigenvalue weighted by Gasteiger charge is -2.31. The number of piperidine rings is 1. The Morgan fingerprint density at radius 1 is 1.12 bits per heavy atom. The van der Waals surface area contributed by atoms with E-state index in [1.807, 2.05) is 6.07 Å². The summed E-state index contributed by atoms with van der Waals surface area (Å²) in [5, 5.41) is 13.3. The van der Waals surface area contributed by atoms with E-state index < -0.39 is 0 Å². The van der Waals surface area contributed by atoms with E-state index in [0.29, 0.717) is 31.3 Å². The number of hydrogen-bond acceptors (Lipinski definition) is 5. The molecule has 0 saturated carbocycles. The van der Waals surface area contributed by atoms with Crippen LogP contribution < -0.4 is 16.0 Å². The van der Waals surface area contributed by atoms with Gasteiger partial charge in [-0.1, -0.05) is 50.2 Å².